The second-order valence-corrected chi connectivity index (χ2v) is 2.24. The van der Waals surface area contributed by atoms with Crippen LogP contribution in [0.1, 0.15) is 0 Å². The van der Waals surface area contributed by atoms with E-state index in [9.17, 15) is 0 Å². The largest absolute Gasteiger partial charge is 4.00 e. The molecule has 0 saturated heterocycles. The molecular weight excluding hydrogens is 499 g/mol. The van der Waals surface area contributed by atoms with E-state index in [1.54, 1.807) is 49.6 Å². The van der Waals surface area contributed by atoms with E-state index in [2.05, 4.69) is 19.9 Å². The average Bonchev–Trinajstić information content (AvgIpc) is 2.42. The van der Waals surface area contributed by atoms with Crippen molar-refractivity contribution in [2.75, 3.05) is 0 Å². The Morgan fingerprint density at radius 3 is 0.652 bits per heavy atom. The third kappa shape index (κ3) is 67.2. The van der Waals surface area contributed by atoms with Crippen LogP contribution in [-0.4, -0.2) is 30.1 Å². The third-order valence-corrected chi connectivity index (χ3v) is 0.955. The molecule has 2 aromatic heterocycles. The molecule has 0 fully saturated rings. The van der Waals surface area contributed by atoms with Gasteiger partial charge in [-0.1, -0.05) is 0 Å². The quantitative estimate of drug-likeness (QED) is 0.366. The summed E-state index contributed by atoms with van der Waals surface area (Å²) in [6.07, 6.45) is 13.1. The summed E-state index contributed by atoms with van der Waals surface area (Å²) in [5.74, 6) is 0. The molecule has 0 aliphatic heterocycles. The molecular formula is C8H14N8O6Pt+2. The van der Waals surface area contributed by atoms with Crippen molar-refractivity contribution in [3.63, 3.8) is 0 Å². The van der Waals surface area contributed by atoms with Crippen LogP contribution >= 0.6 is 0 Å². The molecule has 15 heteroatoms. The molecule has 0 aliphatic rings. The maximum atomic E-state index is 8.25. The molecule has 2 heterocycles. The Bertz CT molecular complexity index is 348. The summed E-state index contributed by atoms with van der Waals surface area (Å²) in [7, 11) is 0. The maximum Gasteiger partial charge on any atom is 4.00 e. The molecule has 6 N–H and O–H groups in total. The van der Waals surface area contributed by atoms with E-state index < -0.39 is 10.2 Å². The second-order valence-electron chi connectivity index (χ2n) is 2.24. The van der Waals surface area contributed by atoms with E-state index >= 15 is 0 Å². The minimum atomic E-state index is -1.75. The van der Waals surface area contributed by atoms with Crippen LogP contribution in [0.5, 0.6) is 0 Å². The van der Waals surface area contributed by atoms with Crippen molar-refractivity contribution in [2.24, 2.45) is 0 Å². The van der Waals surface area contributed by atoms with Crippen molar-refractivity contribution >= 4 is 0 Å². The Hall–Kier alpha value is -2.83. The zero-order valence-corrected chi connectivity index (χ0v) is 13.8. The molecule has 0 aliphatic carbocycles. The van der Waals surface area contributed by atoms with Gasteiger partial charge in [0.05, 0.1) is 10.2 Å². The van der Waals surface area contributed by atoms with Gasteiger partial charge in [0.15, 0.2) is 0 Å². The zero-order chi connectivity index (χ0) is 15.6. The monoisotopic (exact) mass is 513 g/mol. The van der Waals surface area contributed by atoms with Crippen LogP contribution in [0.15, 0.2) is 49.6 Å². The van der Waals surface area contributed by atoms with Gasteiger partial charge < -0.3 is 42.9 Å². The zero-order valence-electron chi connectivity index (χ0n) is 11.5. The molecule has 0 amide bonds. The van der Waals surface area contributed by atoms with Crippen molar-refractivity contribution in [2.45, 2.75) is 0 Å². The molecule has 0 bridgehead atoms. The number of hydrogen-bond acceptors (Lipinski definition) is 12. The number of rotatable bonds is 0. The average molecular weight is 513 g/mol. The first-order chi connectivity index (χ1) is 9.46. The Morgan fingerprint density at radius 1 is 0.522 bits per heavy atom. The number of nitrogens with zero attached hydrogens (tertiary/aromatic N) is 6. The normalized spacial score (nSPS) is 6.26. The van der Waals surface area contributed by atoms with Crippen LogP contribution in [0.25, 0.3) is 0 Å². The van der Waals surface area contributed by atoms with Crippen LogP contribution < -0.4 is 12.3 Å². The smallest absolute Gasteiger partial charge is 0.356 e. The van der Waals surface area contributed by atoms with E-state index in [1.807, 2.05) is 0 Å². The number of aromatic nitrogens is 4. The summed E-state index contributed by atoms with van der Waals surface area (Å²) in [4.78, 5) is 31.4. The van der Waals surface area contributed by atoms with Crippen molar-refractivity contribution in [1.82, 2.24) is 32.2 Å². The summed E-state index contributed by atoms with van der Waals surface area (Å²) in [6.45, 7) is 0. The van der Waals surface area contributed by atoms with Gasteiger partial charge in [-0.25, -0.2) is 0 Å². The van der Waals surface area contributed by atoms with Crippen molar-refractivity contribution < 1.29 is 31.2 Å². The Kier molecular flexibility index (Phi) is 38.5. The van der Waals surface area contributed by atoms with Gasteiger partial charge in [-0.2, -0.15) is 0 Å². The third-order valence-electron chi connectivity index (χ3n) is 0.955. The van der Waals surface area contributed by atoms with E-state index in [1.165, 1.54) is 0 Å². The molecule has 0 radical (unpaired) electrons. The van der Waals surface area contributed by atoms with Crippen LogP contribution in [0.4, 0.5) is 0 Å². The summed E-state index contributed by atoms with van der Waals surface area (Å²) in [6, 6.07) is 0. The Morgan fingerprint density at radius 2 is 0.609 bits per heavy atom. The molecule has 2 rings (SSSR count). The topological polar surface area (TPSA) is 254 Å². The van der Waals surface area contributed by atoms with Crippen LogP contribution in [0.3, 0.4) is 0 Å². The summed E-state index contributed by atoms with van der Waals surface area (Å²) >= 11 is 0. The predicted octanol–water partition coefficient (Wildman–Crippen LogP) is 0.796. The van der Waals surface area contributed by atoms with Gasteiger partial charge >= 0.3 is 21.1 Å². The maximum absolute atomic E-state index is 8.25. The molecule has 0 unspecified atom stereocenters. The molecule has 0 saturated carbocycles. The van der Waals surface area contributed by atoms with Crippen LogP contribution in [-0.2, 0) is 21.1 Å². The van der Waals surface area contributed by atoms with E-state index in [0.29, 0.717) is 0 Å². The van der Waals surface area contributed by atoms with E-state index in [4.69, 9.17) is 30.6 Å². The molecule has 0 atom stereocenters. The van der Waals surface area contributed by atoms with E-state index in [-0.39, 0.29) is 33.4 Å². The Labute approximate surface area is 144 Å². The summed E-state index contributed by atoms with van der Waals surface area (Å²) < 4.78 is 0. The first-order valence-electron chi connectivity index (χ1n) is 4.49. The molecule has 0 aromatic carbocycles. The fraction of sp³-hybridized carbons (Fsp3) is 0. The summed E-state index contributed by atoms with van der Waals surface area (Å²) in [5, 5.41) is 29.5. The Balaban J connectivity index is -0.0000000613. The first kappa shape index (κ1) is 32.2. The molecule has 2 aromatic rings. The molecule has 14 nitrogen and oxygen atoms in total. The van der Waals surface area contributed by atoms with Gasteiger partial charge in [-0.3, -0.25) is 19.9 Å². The number of hydrogen-bond donors (Lipinski definition) is 2. The van der Waals surface area contributed by atoms with Crippen molar-refractivity contribution in [3.8, 4) is 0 Å². The SMILES string of the molecule is N.N.O=[N+]([O-])[O-].O=[N+]([O-])[O-].[Pt+4].c1cnccn1.c1cnccn1. The van der Waals surface area contributed by atoms with Crippen LogP contribution in [0, 0.1) is 30.6 Å². The fourth-order valence-electron chi connectivity index (χ4n) is 0.507. The van der Waals surface area contributed by atoms with Gasteiger partial charge in [-0.15, -0.1) is 0 Å². The molecule has 23 heavy (non-hydrogen) atoms. The van der Waals surface area contributed by atoms with Gasteiger partial charge in [0.1, 0.15) is 0 Å². The predicted molar refractivity (Wildman–Crippen MR) is 74.8 cm³/mol. The first-order valence-corrected chi connectivity index (χ1v) is 4.49. The van der Waals surface area contributed by atoms with Crippen molar-refractivity contribution in [3.05, 3.63) is 80.2 Å². The van der Waals surface area contributed by atoms with E-state index in [0.717, 1.165) is 0 Å². The van der Waals surface area contributed by atoms with Crippen molar-refractivity contribution in [1.29, 1.82) is 0 Å². The molecule has 0 spiro atoms. The van der Waals surface area contributed by atoms with Crippen LogP contribution in [0.2, 0.25) is 0 Å². The summed E-state index contributed by atoms with van der Waals surface area (Å²) in [5.41, 5.74) is 0. The standard InChI is InChI=1S/2C4H4N2.2NO3.2H3N.Pt/c2*1-2-6-4-3-5-1;2*2-1(3)4;;;/h2*1-4H;;;2*1H3;/q;;2*-1;;;+4. The second kappa shape index (κ2) is 27.5. The van der Waals surface area contributed by atoms with Gasteiger partial charge in [0.2, 0.25) is 0 Å². The van der Waals surface area contributed by atoms with Gasteiger partial charge in [-0.05, 0) is 0 Å². The minimum Gasteiger partial charge on any atom is -0.356 e. The fourth-order valence-corrected chi connectivity index (χ4v) is 0.507. The van der Waals surface area contributed by atoms with Gasteiger partial charge in [0, 0.05) is 49.6 Å². The van der Waals surface area contributed by atoms with Gasteiger partial charge in [0.25, 0.3) is 0 Å². The molecule has 130 valence electrons. The minimum absolute atomic E-state index is 0.